The van der Waals surface area contributed by atoms with Crippen molar-refractivity contribution in [1.82, 2.24) is 14.7 Å². The van der Waals surface area contributed by atoms with Crippen LogP contribution < -0.4 is 0 Å². The molecule has 2 aliphatic rings. The van der Waals surface area contributed by atoms with Crippen molar-refractivity contribution < 1.29 is 14.6 Å². The Morgan fingerprint density at radius 2 is 1.96 bits per heavy atom. The molecule has 1 saturated heterocycles. The normalized spacial score (nSPS) is 27.3. The second-order valence-electron chi connectivity index (χ2n) is 7.26. The van der Waals surface area contributed by atoms with Crippen molar-refractivity contribution >= 4 is 0 Å². The zero-order valence-corrected chi connectivity index (χ0v) is 15.3. The van der Waals surface area contributed by atoms with Crippen LogP contribution in [0.2, 0.25) is 0 Å². The van der Waals surface area contributed by atoms with Crippen molar-refractivity contribution in [3.63, 3.8) is 0 Å². The summed E-state index contributed by atoms with van der Waals surface area (Å²) in [6.07, 6.45) is 4.22. The van der Waals surface area contributed by atoms with Gasteiger partial charge in [-0.25, -0.2) is 0 Å². The van der Waals surface area contributed by atoms with Crippen LogP contribution >= 0.6 is 0 Å². The van der Waals surface area contributed by atoms with Crippen molar-refractivity contribution in [2.75, 3.05) is 67.2 Å². The third kappa shape index (κ3) is 4.87. The standard InChI is InChI=1S/C17H35N3O3/c1-17(18(2)3,19(4)7-9-21)23-12-11-22-10-8-20-14-15-5-6-16(20)13-15/h15-16,21H,5-14H2,1-4H3. The molecule has 0 spiro atoms. The first-order chi connectivity index (χ1) is 11.0. The van der Waals surface area contributed by atoms with Gasteiger partial charge in [-0.1, -0.05) is 0 Å². The summed E-state index contributed by atoms with van der Waals surface area (Å²) in [6, 6.07) is 0.823. The minimum Gasteiger partial charge on any atom is -0.395 e. The molecule has 0 amide bonds. The lowest BCUT2D eigenvalue weighted by molar-refractivity contribution is -0.222. The van der Waals surface area contributed by atoms with E-state index in [9.17, 15) is 0 Å². The van der Waals surface area contributed by atoms with E-state index in [4.69, 9.17) is 14.6 Å². The summed E-state index contributed by atoms with van der Waals surface area (Å²) >= 11 is 0. The Morgan fingerprint density at radius 3 is 2.52 bits per heavy atom. The van der Waals surface area contributed by atoms with Gasteiger partial charge in [0.15, 0.2) is 5.85 Å². The lowest BCUT2D eigenvalue weighted by Crippen LogP contribution is -2.57. The predicted octanol–water partition coefficient (Wildman–Crippen LogP) is 0.663. The smallest absolute Gasteiger partial charge is 0.176 e. The predicted molar refractivity (Wildman–Crippen MR) is 91.3 cm³/mol. The molecule has 3 atom stereocenters. The highest BCUT2D eigenvalue weighted by Crippen LogP contribution is 2.36. The second kappa shape index (κ2) is 8.74. The van der Waals surface area contributed by atoms with Crippen LogP contribution in [0.4, 0.5) is 0 Å². The Morgan fingerprint density at radius 1 is 1.17 bits per heavy atom. The second-order valence-corrected chi connectivity index (χ2v) is 7.26. The first kappa shape index (κ1) is 19.1. The number of ether oxygens (including phenoxy) is 2. The summed E-state index contributed by atoms with van der Waals surface area (Å²) in [6.45, 7) is 6.99. The molecule has 6 nitrogen and oxygen atoms in total. The van der Waals surface area contributed by atoms with E-state index >= 15 is 0 Å². The Labute approximate surface area is 141 Å². The molecule has 2 rings (SSSR count). The fraction of sp³-hybridized carbons (Fsp3) is 1.00. The van der Waals surface area contributed by atoms with Crippen LogP contribution in [0.1, 0.15) is 26.2 Å². The van der Waals surface area contributed by atoms with Crippen molar-refractivity contribution in [2.24, 2.45) is 5.92 Å². The summed E-state index contributed by atoms with van der Waals surface area (Å²) in [7, 11) is 5.92. The van der Waals surface area contributed by atoms with E-state index in [1.54, 1.807) is 0 Å². The van der Waals surface area contributed by atoms with Crippen LogP contribution in [0.5, 0.6) is 0 Å². The van der Waals surface area contributed by atoms with Gasteiger partial charge in [-0.3, -0.25) is 14.7 Å². The highest BCUT2D eigenvalue weighted by atomic mass is 16.6. The van der Waals surface area contributed by atoms with Gasteiger partial charge in [0.05, 0.1) is 26.4 Å². The van der Waals surface area contributed by atoms with E-state index in [0.29, 0.717) is 19.8 Å². The molecular formula is C17H35N3O3. The zero-order valence-electron chi connectivity index (χ0n) is 15.3. The molecule has 3 unspecified atom stereocenters. The van der Waals surface area contributed by atoms with Gasteiger partial charge in [-0.15, -0.1) is 0 Å². The summed E-state index contributed by atoms with van der Waals surface area (Å²) < 4.78 is 11.8. The number of fused-ring (bicyclic) bond motifs is 2. The molecule has 136 valence electrons. The highest BCUT2D eigenvalue weighted by molar-refractivity contribution is 4.91. The van der Waals surface area contributed by atoms with Gasteiger partial charge in [0.1, 0.15) is 0 Å². The highest BCUT2D eigenvalue weighted by Gasteiger charge is 2.37. The van der Waals surface area contributed by atoms with Crippen LogP contribution in [0, 0.1) is 5.92 Å². The van der Waals surface area contributed by atoms with Gasteiger partial charge in [-0.05, 0) is 53.2 Å². The first-order valence-electron chi connectivity index (χ1n) is 8.92. The van der Waals surface area contributed by atoms with E-state index in [1.807, 2.05) is 37.9 Å². The lowest BCUT2D eigenvalue weighted by atomic mass is 10.1. The molecule has 0 aromatic heterocycles. The van der Waals surface area contributed by atoms with Gasteiger partial charge in [0.25, 0.3) is 0 Å². The Kier molecular flexibility index (Phi) is 7.25. The number of piperidine rings is 1. The zero-order chi connectivity index (χ0) is 16.9. The maximum Gasteiger partial charge on any atom is 0.176 e. The van der Waals surface area contributed by atoms with E-state index in [-0.39, 0.29) is 6.61 Å². The third-order valence-electron chi connectivity index (χ3n) is 5.62. The number of hydrogen-bond acceptors (Lipinski definition) is 6. The Hall–Kier alpha value is -0.240. The van der Waals surface area contributed by atoms with Gasteiger partial charge >= 0.3 is 0 Å². The van der Waals surface area contributed by atoms with Crippen LogP contribution in [-0.4, -0.2) is 98.9 Å². The largest absolute Gasteiger partial charge is 0.395 e. The Bertz CT molecular complexity index is 356. The summed E-state index contributed by atoms with van der Waals surface area (Å²) in [5.41, 5.74) is 0. The number of rotatable bonds is 11. The van der Waals surface area contributed by atoms with E-state index in [2.05, 4.69) is 4.90 Å². The summed E-state index contributed by atoms with van der Waals surface area (Å²) in [5.74, 6) is 0.423. The van der Waals surface area contributed by atoms with Gasteiger partial charge in [0.2, 0.25) is 0 Å². The number of likely N-dealkylation sites (tertiary alicyclic amines) is 1. The van der Waals surface area contributed by atoms with Gasteiger partial charge < -0.3 is 14.6 Å². The Balaban J connectivity index is 1.59. The third-order valence-corrected chi connectivity index (χ3v) is 5.62. The average Bonchev–Trinajstić information content (AvgIpc) is 3.13. The van der Waals surface area contributed by atoms with Crippen LogP contribution in [0.25, 0.3) is 0 Å². The van der Waals surface area contributed by atoms with Crippen molar-refractivity contribution in [2.45, 2.75) is 38.1 Å². The van der Waals surface area contributed by atoms with Gasteiger partial charge in [-0.2, -0.15) is 0 Å². The molecule has 1 aliphatic carbocycles. The molecule has 2 fully saturated rings. The average molecular weight is 329 g/mol. The molecule has 2 bridgehead atoms. The summed E-state index contributed by atoms with van der Waals surface area (Å²) in [5, 5.41) is 9.13. The van der Waals surface area contributed by atoms with E-state index < -0.39 is 5.85 Å². The number of aliphatic hydroxyl groups excluding tert-OH is 1. The molecule has 0 aromatic rings. The fourth-order valence-electron chi connectivity index (χ4n) is 3.82. The molecule has 0 radical (unpaired) electrons. The van der Waals surface area contributed by atoms with Crippen LogP contribution in [0.3, 0.4) is 0 Å². The maximum atomic E-state index is 9.13. The van der Waals surface area contributed by atoms with Crippen LogP contribution in [0.15, 0.2) is 0 Å². The molecule has 6 heteroatoms. The number of likely N-dealkylation sites (N-methyl/N-ethyl adjacent to an activating group) is 1. The molecule has 0 aromatic carbocycles. The lowest BCUT2D eigenvalue weighted by Gasteiger charge is -2.43. The number of hydrogen-bond donors (Lipinski definition) is 1. The molecule has 1 aliphatic heterocycles. The number of nitrogens with zero attached hydrogens (tertiary/aromatic N) is 3. The van der Waals surface area contributed by atoms with Crippen molar-refractivity contribution in [1.29, 1.82) is 0 Å². The maximum absolute atomic E-state index is 9.13. The molecular weight excluding hydrogens is 294 g/mol. The van der Waals surface area contributed by atoms with Crippen molar-refractivity contribution in [3.05, 3.63) is 0 Å². The topological polar surface area (TPSA) is 48.4 Å². The van der Waals surface area contributed by atoms with Crippen LogP contribution in [-0.2, 0) is 9.47 Å². The monoisotopic (exact) mass is 329 g/mol. The first-order valence-corrected chi connectivity index (χ1v) is 8.92. The fourth-order valence-corrected chi connectivity index (χ4v) is 3.82. The molecule has 23 heavy (non-hydrogen) atoms. The summed E-state index contributed by atoms with van der Waals surface area (Å²) in [4.78, 5) is 6.62. The number of aliphatic hydroxyl groups is 1. The molecule has 1 saturated carbocycles. The minimum atomic E-state index is -0.528. The molecule has 1 N–H and O–H groups in total. The van der Waals surface area contributed by atoms with E-state index in [0.717, 1.165) is 25.1 Å². The minimum absolute atomic E-state index is 0.123. The SMILES string of the molecule is CN(C)C(C)(OCCOCCN1CC2CCC1C2)N(C)CCO. The molecule has 1 heterocycles. The quantitative estimate of drug-likeness (QED) is 0.444. The van der Waals surface area contributed by atoms with Gasteiger partial charge in [0, 0.05) is 25.7 Å². The van der Waals surface area contributed by atoms with Crippen molar-refractivity contribution in [3.8, 4) is 0 Å². The van der Waals surface area contributed by atoms with E-state index in [1.165, 1.54) is 25.8 Å².